The van der Waals surface area contributed by atoms with E-state index in [0.29, 0.717) is 23.8 Å². The van der Waals surface area contributed by atoms with Crippen LogP contribution in [0.4, 0.5) is 0 Å². The lowest BCUT2D eigenvalue weighted by atomic mass is 9.89. The van der Waals surface area contributed by atoms with E-state index >= 15 is 0 Å². The highest BCUT2D eigenvalue weighted by molar-refractivity contribution is 5.94. The molecule has 0 unspecified atom stereocenters. The third-order valence-electron chi connectivity index (χ3n) is 4.28. The largest absolute Gasteiger partial charge is 0.477 e. The summed E-state index contributed by atoms with van der Waals surface area (Å²) in [6.45, 7) is 0.837. The highest BCUT2D eigenvalue weighted by Gasteiger charge is 2.46. The zero-order chi connectivity index (χ0) is 11.2. The Balaban J connectivity index is 1.70. The molecule has 1 aromatic rings. The van der Waals surface area contributed by atoms with E-state index in [4.69, 9.17) is 9.73 Å². The number of nitrogens with zero attached hydrogens (tertiary/aromatic N) is 1. The summed E-state index contributed by atoms with van der Waals surface area (Å²) < 4.78 is 5.85. The molecule has 1 fully saturated rings. The Labute approximate surface area is 101 Å². The molecule has 86 valence electrons. The fraction of sp³-hybridized carbons (Fsp3) is 0.400. The molecule has 2 aliphatic carbocycles. The van der Waals surface area contributed by atoms with Gasteiger partial charge in [0.2, 0.25) is 5.90 Å². The third-order valence-corrected chi connectivity index (χ3v) is 4.28. The standard InChI is InChI=1S/C15H15NO/c1-2-4-10(5-3-1)15-16-14-12-7-6-11(8-12)13(14)9-17-15/h1-7,11-14H,8-9H2/t11-,12+,13+,14-/m0/s1. The zero-order valence-electron chi connectivity index (χ0n) is 9.62. The molecule has 0 saturated heterocycles. The van der Waals surface area contributed by atoms with E-state index in [1.807, 2.05) is 18.2 Å². The van der Waals surface area contributed by atoms with Gasteiger partial charge in [-0.15, -0.1) is 0 Å². The second-order valence-corrected chi connectivity index (χ2v) is 5.21. The smallest absolute Gasteiger partial charge is 0.216 e. The summed E-state index contributed by atoms with van der Waals surface area (Å²) in [7, 11) is 0. The van der Waals surface area contributed by atoms with Crippen molar-refractivity contribution in [2.24, 2.45) is 22.7 Å². The van der Waals surface area contributed by atoms with E-state index in [-0.39, 0.29) is 0 Å². The van der Waals surface area contributed by atoms with Gasteiger partial charge in [-0.3, -0.25) is 0 Å². The summed E-state index contributed by atoms with van der Waals surface area (Å²) in [5, 5.41) is 0. The van der Waals surface area contributed by atoms with Crippen LogP contribution in [0.1, 0.15) is 12.0 Å². The van der Waals surface area contributed by atoms with Crippen LogP contribution in [-0.2, 0) is 4.74 Å². The van der Waals surface area contributed by atoms with Gasteiger partial charge < -0.3 is 4.74 Å². The van der Waals surface area contributed by atoms with Gasteiger partial charge in [-0.1, -0.05) is 30.4 Å². The van der Waals surface area contributed by atoms with E-state index in [1.165, 1.54) is 6.42 Å². The summed E-state index contributed by atoms with van der Waals surface area (Å²) in [4.78, 5) is 4.84. The molecule has 0 radical (unpaired) electrons. The van der Waals surface area contributed by atoms with Gasteiger partial charge in [-0.05, 0) is 24.5 Å². The molecule has 2 nitrogen and oxygen atoms in total. The van der Waals surface area contributed by atoms with Gasteiger partial charge >= 0.3 is 0 Å². The minimum Gasteiger partial charge on any atom is -0.477 e. The van der Waals surface area contributed by atoms with Crippen molar-refractivity contribution in [1.29, 1.82) is 0 Å². The molecule has 1 aromatic carbocycles. The Kier molecular flexibility index (Phi) is 1.92. The maximum atomic E-state index is 5.85. The molecule has 4 rings (SSSR count). The quantitative estimate of drug-likeness (QED) is 0.673. The van der Waals surface area contributed by atoms with Crippen molar-refractivity contribution in [2.75, 3.05) is 6.61 Å². The molecule has 0 amide bonds. The number of allylic oxidation sites excluding steroid dienone is 1. The van der Waals surface area contributed by atoms with E-state index in [0.717, 1.165) is 18.1 Å². The van der Waals surface area contributed by atoms with Crippen LogP contribution in [0.15, 0.2) is 47.5 Å². The Bertz CT molecular complexity index is 491. The highest BCUT2D eigenvalue weighted by atomic mass is 16.5. The summed E-state index contributed by atoms with van der Waals surface area (Å²) in [5.41, 5.74) is 1.11. The van der Waals surface area contributed by atoms with Gasteiger partial charge in [0, 0.05) is 17.4 Å². The first-order valence-electron chi connectivity index (χ1n) is 6.36. The van der Waals surface area contributed by atoms with Crippen LogP contribution in [0.5, 0.6) is 0 Å². The van der Waals surface area contributed by atoms with Gasteiger partial charge in [0.15, 0.2) is 0 Å². The lowest BCUT2D eigenvalue weighted by Gasteiger charge is -2.30. The summed E-state index contributed by atoms with van der Waals surface area (Å²) in [6, 6.07) is 10.7. The van der Waals surface area contributed by atoms with Gasteiger partial charge in [0.25, 0.3) is 0 Å². The van der Waals surface area contributed by atoms with Crippen LogP contribution in [0.3, 0.4) is 0 Å². The first-order valence-corrected chi connectivity index (χ1v) is 6.36. The molecule has 2 bridgehead atoms. The van der Waals surface area contributed by atoms with Crippen LogP contribution in [-0.4, -0.2) is 18.5 Å². The average molecular weight is 225 g/mol. The first-order chi connectivity index (χ1) is 8.42. The van der Waals surface area contributed by atoms with Crippen LogP contribution in [0.25, 0.3) is 0 Å². The maximum Gasteiger partial charge on any atom is 0.216 e. The van der Waals surface area contributed by atoms with Crippen molar-refractivity contribution < 1.29 is 4.74 Å². The predicted octanol–water partition coefficient (Wildman–Crippen LogP) is 2.65. The first kappa shape index (κ1) is 9.46. The molecule has 1 aliphatic heterocycles. The maximum absolute atomic E-state index is 5.85. The van der Waals surface area contributed by atoms with Gasteiger partial charge in [-0.25, -0.2) is 4.99 Å². The molecular weight excluding hydrogens is 210 g/mol. The van der Waals surface area contributed by atoms with Crippen molar-refractivity contribution in [3.8, 4) is 0 Å². The third kappa shape index (κ3) is 1.36. The number of ether oxygens (including phenoxy) is 1. The van der Waals surface area contributed by atoms with Gasteiger partial charge in [0.05, 0.1) is 12.6 Å². The molecule has 4 atom stereocenters. The van der Waals surface area contributed by atoms with Crippen molar-refractivity contribution in [1.82, 2.24) is 0 Å². The number of hydrogen-bond donors (Lipinski definition) is 0. The summed E-state index contributed by atoms with van der Waals surface area (Å²) in [6.07, 6.45) is 5.99. The van der Waals surface area contributed by atoms with Crippen LogP contribution in [0, 0.1) is 17.8 Å². The lowest BCUT2D eigenvalue weighted by Crippen LogP contribution is -2.34. The number of aliphatic imine (C=N–C) groups is 1. The highest BCUT2D eigenvalue weighted by Crippen LogP contribution is 2.47. The molecule has 1 heterocycles. The Morgan fingerprint density at radius 2 is 1.88 bits per heavy atom. The number of hydrogen-bond acceptors (Lipinski definition) is 2. The van der Waals surface area contributed by atoms with Crippen LogP contribution < -0.4 is 0 Å². The normalized spacial score (nSPS) is 37.5. The molecule has 0 spiro atoms. The van der Waals surface area contributed by atoms with Crippen molar-refractivity contribution in [3.63, 3.8) is 0 Å². The second-order valence-electron chi connectivity index (χ2n) is 5.21. The van der Waals surface area contributed by atoms with Gasteiger partial charge in [0.1, 0.15) is 0 Å². The van der Waals surface area contributed by atoms with Crippen LogP contribution >= 0.6 is 0 Å². The zero-order valence-corrected chi connectivity index (χ0v) is 9.62. The Morgan fingerprint density at radius 3 is 2.76 bits per heavy atom. The predicted molar refractivity (Wildman–Crippen MR) is 66.9 cm³/mol. The summed E-state index contributed by atoms with van der Waals surface area (Å²) in [5.74, 6) is 2.84. The van der Waals surface area contributed by atoms with E-state index in [1.54, 1.807) is 0 Å². The number of fused-ring (bicyclic) bond motifs is 5. The van der Waals surface area contributed by atoms with Crippen molar-refractivity contribution in [3.05, 3.63) is 48.0 Å². The van der Waals surface area contributed by atoms with E-state index < -0.39 is 0 Å². The minimum absolute atomic E-state index is 0.467. The monoisotopic (exact) mass is 225 g/mol. The molecule has 17 heavy (non-hydrogen) atoms. The van der Waals surface area contributed by atoms with Gasteiger partial charge in [-0.2, -0.15) is 0 Å². The molecule has 1 saturated carbocycles. The van der Waals surface area contributed by atoms with Crippen LogP contribution in [0.2, 0.25) is 0 Å². The minimum atomic E-state index is 0.467. The number of benzene rings is 1. The molecule has 0 N–H and O–H groups in total. The fourth-order valence-electron chi connectivity index (χ4n) is 3.40. The Morgan fingerprint density at radius 1 is 1.06 bits per heavy atom. The SMILES string of the molecule is C1=C[C@H]2C[C@@H]1[C@@H]1N=C(c3ccccc3)OC[C@@H]12. The Hall–Kier alpha value is -1.57. The molecule has 0 aromatic heterocycles. The molecule has 2 heteroatoms. The van der Waals surface area contributed by atoms with Crippen molar-refractivity contribution >= 4 is 5.90 Å². The van der Waals surface area contributed by atoms with Crippen molar-refractivity contribution in [2.45, 2.75) is 12.5 Å². The fourth-order valence-corrected chi connectivity index (χ4v) is 3.40. The lowest BCUT2D eigenvalue weighted by molar-refractivity contribution is 0.178. The summed E-state index contributed by atoms with van der Waals surface area (Å²) >= 11 is 0. The average Bonchev–Trinajstić information content (AvgIpc) is 3.01. The number of rotatable bonds is 1. The second kappa shape index (κ2) is 3.46. The van der Waals surface area contributed by atoms with E-state index in [9.17, 15) is 0 Å². The topological polar surface area (TPSA) is 21.6 Å². The van der Waals surface area contributed by atoms with E-state index in [2.05, 4.69) is 24.3 Å². The molecular formula is C15H15NO. The molecule has 3 aliphatic rings.